The minimum atomic E-state index is -0.231. The molecule has 120 valence electrons. The third-order valence-corrected chi connectivity index (χ3v) is 2.77. The molecule has 0 unspecified atom stereocenters. The number of amides is 1. The summed E-state index contributed by atoms with van der Waals surface area (Å²) in [6.07, 6.45) is 5.00. The topological polar surface area (TPSA) is 75.6 Å². The zero-order valence-corrected chi connectivity index (χ0v) is 13.2. The maximum Gasteiger partial charge on any atom is 0.259 e. The quantitative estimate of drug-likeness (QED) is 0.608. The molecule has 0 saturated heterocycles. The van der Waals surface area contributed by atoms with Crippen LogP contribution in [0.25, 0.3) is 0 Å². The van der Waals surface area contributed by atoms with E-state index in [2.05, 4.69) is 20.8 Å². The van der Waals surface area contributed by atoms with Gasteiger partial charge in [0.05, 0.1) is 18.9 Å². The number of rotatable bonds is 7. The number of ether oxygens (including phenoxy) is 1. The van der Waals surface area contributed by atoms with E-state index in [0.29, 0.717) is 0 Å². The van der Waals surface area contributed by atoms with Crippen LogP contribution < -0.4 is 15.5 Å². The minimum Gasteiger partial charge on any atom is -0.491 e. The lowest BCUT2D eigenvalue weighted by atomic mass is 10.3. The van der Waals surface area contributed by atoms with Crippen LogP contribution in [-0.2, 0) is 4.79 Å². The van der Waals surface area contributed by atoms with Crippen LogP contribution in [0.5, 0.6) is 5.75 Å². The molecule has 0 bridgehead atoms. The fraction of sp³-hybridized carbons (Fsp3) is 0.235. The molecule has 0 aliphatic rings. The van der Waals surface area contributed by atoms with Crippen molar-refractivity contribution in [2.75, 3.05) is 11.9 Å². The van der Waals surface area contributed by atoms with Crippen molar-refractivity contribution in [3.05, 3.63) is 54.4 Å². The Labute approximate surface area is 135 Å². The zero-order valence-electron chi connectivity index (χ0n) is 13.2. The minimum absolute atomic E-state index is 0.107. The summed E-state index contributed by atoms with van der Waals surface area (Å²) in [7, 11) is 0. The second-order valence-electron chi connectivity index (χ2n) is 5.12. The van der Waals surface area contributed by atoms with Crippen molar-refractivity contribution in [2.24, 2.45) is 5.10 Å². The second-order valence-corrected chi connectivity index (χ2v) is 5.12. The summed E-state index contributed by atoms with van der Waals surface area (Å²) >= 11 is 0. The molecule has 6 heteroatoms. The van der Waals surface area contributed by atoms with E-state index in [0.717, 1.165) is 17.0 Å². The van der Waals surface area contributed by atoms with Crippen LogP contribution in [0.2, 0.25) is 0 Å². The number of nitrogens with one attached hydrogen (secondary N) is 2. The highest BCUT2D eigenvalue weighted by molar-refractivity contribution is 5.84. The van der Waals surface area contributed by atoms with Gasteiger partial charge in [-0.25, -0.2) is 5.43 Å². The summed E-state index contributed by atoms with van der Waals surface area (Å²) in [5.41, 5.74) is 4.15. The molecule has 0 spiro atoms. The van der Waals surface area contributed by atoms with E-state index in [1.165, 1.54) is 0 Å². The monoisotopic (exact) mass is 312 g/mol. The molecule has 1 amide bonds. The van der Waals surface area contributed by atoms with E-state index in [9.17, 15) is 4.79 Å². The molecule has 2 N–H and O–H groups in total. The van der Waals surface area contributed by atoms with Gasteiger partial charge in [0.25, 0.3) is 5.91 Å². The summed E-state index contributed by atoms with van der Waals surface area (Å²) in [5, 5.41) is 6.92. The van der Waals surface area contributed by atoms with E-state index in [1.807, 2.05) is 38.1 Å². The summed E-state index contributed by atoms with van der Waals surface area (Å²) < 4.78 is 5.61. The van der Waals surface area contributed by atoms with E-state index in [4.69, 9.17) is 4.74 Å². The zero-order chi connectivity index (χ0) is 16.5. The Balaban J connectivity index is 1.79. The van der Waals surface area contributed by atoms with Gasteiger partial charge in [0, 0.05) is 24.1 Å². The standard InChI is InChI=1S/C17H20N4O2/c1-13(2)23-16-5-3-4-15(10-16)19-12-17(22)21-20-11-14-6-8-18-9-7-14/h3-11,13,19H,12H2,1-2H3,(H,21,22)/b20-11+. The molecular weight excluding hydrogens is 292 g/mol. The molecule has 0 saturated carbocycles. The van der Waals surface area contributed by atoms with Gasteiger partial charge in [0.2, 0.25) is 0 Å². The Morgan fingerprint density at radius 1 is 1.30 bits per heavy atom. The van der Waals surface area contributed by atoms with Gasteiger partial charge >= 0.3 is 0 Å². The van der Waals surface area contributed by atoms with Gasteiger partial charge in [0.1, 0.15) is 5.75 Å². The van der Waals surface area contributed by atoms with Crippen LogP contribution >= 0.6 is 0 Å². The van der Waals surface area contributed by atoms with Gasteiger partial charge in [-0.2, -0.15) is 5.10 Å². The van der Waals surface area contributed by atoms with Gasteiger partial charge in [-0.1, -0.05) is 6.07 Å². The number of hydrazone groups is 1. The van der Waals surface area contributed by atoms with Crippen LogP contribution in [-0.4, -0.2) is 29.8 Å². The van der Waals surface area contributed by atoms with Crippen molar-refractivity contribution in [3.63, 3.8) is 0 Å². The molecule has 2 rings (SSSR count). The van der Waals surface area contributed by atoms with Crippen molar-refractivity contribution in [1.29, 1.82) is 0 Å². The summed E-state index contributed by atoms with van der Waals surface area (Å²) in [6, 6.07) is 11.1. The first-order chi connectivity index (χ1) is 11.1. The van der Waals surface area contributed by atoms with Crippen molar-refractivity contribution < 1.29 is 9.53 Å². The molecular formula is C17H20N4O2. The van der Waals surface area contributed by atoms with Crippen LogP contribution in [0.1, 0.15) is 19.4 Å². The predicted octanol–water partition coefficient (Wildman–Crippen LogP) is 2.43. The number of pyridine rings is 1. The lowest BCUT2D eigenvalue weighted by Gasteiger charge is -2.11. The Morgan fingerprint density at radius 2 is 2.09 bits per heavy atom. The van der Waals surface area contributed by atoms with Crippen LogP contribution in [0.15, 0.2) is 53.9 Å². The number of anilines is 1. The fourth-order valence-electron chi connectivity index (χ4n) is 1.80. The smallest absolute Gasteiger partial charge is 0.259 e. The SMILES string of the molecule is CC(C)Oc1cccc(NCC(=O)N/N=C/c2ccncc2)c1. The van der Waals surface area contributed by atoms with Crippen LogP contribution in [0.3, 0.4) is 0 Å². The van der Waals surface area contributed by atoms with Gasteiger partial charge in [-0.15, -0.1) is 0 Å². The largest absolute Gasteiger partial charge is 0.491 e. The van der Waals surface area contributed by atoms with E-state index >= 15 is 0 Å². The number of hydrogen-bond acceptors (Lipinski definition) is 5. The van der Waals surface area contributed by atoms with Gasteiger partial charge in [0.15, 0.2) is 0 Å². The van der Waals surface area contributed by atoms with E-state index in [-0.39, 0.29) is 18.6 Å². The summed E-state index contributed by atoms with van der Waals surface area (Å²) in [5.74, 6) is 0.534. The average molecular weight is 312 g/mol. The van der Waals surface area contributed by atoms with Crippen molar-refractivity contribution in [3.8, 4) is 5.75 Å². The number of benzene rings is 1. The molecule has 0 radical (unpaired) electrons. The first-order valence-electron chi connectivity index (χ1n) is 7.36. The summed E-state index contributed by atoms with van der Waals surface area (Å²) in [6.45, 7) is 4.06. The molecule has 1 aromatic carbocycles. The van der Waals surface area contributed by atoms with Crippen molar-refractivity contribution in [1.82, 2.24) is 10.4 Å². The number of nitrogens with zero attached hydrogens (tertiary/aromatic N) is 2. The molecule has 23 heavy (non-hydrogen) atoms. The molecule has 1 aromatic heterocycles. The van der Waals surface area contributed by atoms with E-state index in [1.54, 1.807) is 30.7 Å². The third kappa shape index (κ3) is 6.17. The molecule has 6 nitrogen and oxygen atoms in total. The molecule has 0 aliphatic carbocycles. The van der Waals surface area contributed by atoms with E-state index < -0.39 is 0 Å². The molecule has 0 atom stereocenters. The van der Waals surface area contributed by atoms with Gasteiger partial charge in [-0.3, -0.25) is 9.78 Å². The lowest BCUT2D eigenvalue weighted by Crippen LogP contribution is -2.25. The lowest BCUT2D eigenvalue weighted by molar-refractivity contribution is -0.119. The second kappa shape index (κ2) is 8.53. The third-order valence-electron chi connectivity index (χ3n) is 2.77. The van der Waals surface area contributed by atoms with Gasteiger partial charge < -0.3 is 10.1 Å². The summed E-state index contributed by atoms with van der Waals surface area (Å²) in [4.78, 5) is 15.6. The van der Waals surface area contributed by atoms with Crippen molar-refractivity contribution in [2.45, 2.75) is 20.0 Å². The molecule has 0 fully saturated rings. The Hall–Kier alpha value is -2.89. The Bertz CT molecular complexity index is 657. The molecule has 1 heterocycles. The first kappa shape index (κ1) is 16.5. The number of carbonyl (C=O) groups is 1. The average Bonchev–Trinajstić information content (AvgIpc) is 2.54. The van der Waals surface area contributed by atoms with Gasteiger partial charge in [-0.05, 0) is 43.7 Å². The van der Waals surface area contributed by atoms with Crippen molar-refractivity contribution >= 4 is 17.8 Å². The Morgan fingerprint density at radius 3 is 2.83 bits per heavy atom. The number of hydrogen-bond donors (Lipinski definition) is 2. The maximum absolute atomic E-state index is 11.7. The Kier molecular flexibility index (Phi) is 6.11. The highest BCUT2D eigenvalue weighted by Gasteiger charge is 2.02. The number of carbonyl (C=O) groups excluding carboxylic acids is 1. The molecule has 0 aliphatic heterocycles. The maximum atomic E-state index is 11.7. The fourth-order valence-corrected chi connectivity index (χ4v) is 1.80. The first-order valence-corrected chi connectivity index (χ1v) is 7.36. The molecule has 2 aromatic rings. The number of aromatic nitrogens is 1. The van der Waals surface area contributed by atoms with Crippen LogP contribution in [0, 0.1) is 0 Å². The predicted molar refractivity (Wildman–Crippen MR) is 90.7 cm³/mol. The van der Waals surface area contributed by atoms with Crippen LogP contribution in [0.4, 0.5) is 5.69 Å². The highest BCUT2D eigenvalue weighted by Crippen LogP contribution is 2.18. The normalized spacial score (nSPS) is 10.7. The highest BCUT2D eigenvalue weighted by atomic mass is 16.5.